The van der Waals surface area contributed by atoms with Crippen molar-refractivity contribution in [2.45, 2.75) is 31.9 Å². The Bertz CT molecular complexity index is 651. The van der Waals surface area contributed by atoms with E-state index in [2.05, 4.69) is 10.1 Å². The first-order chi connectivity index (χ1) is 10.00. The fourth-order valence-electron chi connectivity index (χ4n) is 2.60. The second-order valence-corrected chi connectivity index (χ2v) is 5.73. The molecule has 1 saturated heterocycles. The largest absolute Gasteiger partial charge is 0.391 e. The summed E-state index contributed by atoms with van der Waals surface area (Å²) in [6, 6.07) is 5.20. The Morgan fingerprint density at radius 3 is 2.76 bits per heavy atom. The molecule has 21 heavy (non-hydrogen) atoms. The first kappa shape index (κ1) is 13.8. The van der Waals surface area contributed by atoms with Crippen molar-refractivity contribution in [3.8, 4) is 11.3 Å². The molecule has 1 aliphatic heterocycles. The van der Waals surface area contributed by atoms with E-state index < -0.39 is 11.6 Å². The molecule has 1 N–H and O–H groups in total. The Hall–Kier alpha value is -2.21. The minimum atomic E-state index is -0.590. The van der Waals surface area contributed by atoms with E-state index >= 15 is 0 Å². The monoisotopic (exact) mass is 287 g/mol. The molecule has 0 aromatic carbocycles. The molecule has 0 bridgehead atoms. The number of carbonyl (C=O) groups is 1. The number of pyridine rings is 1. The molecule has 6 nitrogen and oxygen atoms in total. The SMILES string of the molecule is CC1(C)C(O)CCN1C(=O)c1cc(-c2ccncc2)on1. The fraction of sp³-hybridized carbons (Fsp3) is 0.400. The molecule has 0 aliphatic carbocycles. The van der Waals surface area contributed by atoms with Gasteiger partial charge in [0.05, 0.1) is 11.6 Å². The number of aromatic nitrogens is 2. The Balaban J connectivity index is 1.86. The molecule has 0 spiro atoms. The van der Waals surface area contributed by atoms with Crippen LogP contribution in [-0.4, -0.2) is 44.2 Å². The summed E-state index contributed by atoms with van der Waals surface area (Å²) in [5.41, 5.74) is 0.480. The number of rotatable bonds is 2. The summed E-state index contributed by atoms with van der Waals surface area (Å²) in [7, 11) is 0. The summed E-state index contributed by atoms with van der Waals surface area (Å²) in [6.07, 6.45) is 3.36. The number of aliphatic hydroxyl groups excluding tert-OH is 1. The van der Waals surface area contributed by atoms with Gasteiger partial charge >= 0.3 is 0 Å². The Kier molecular flexibility index (Phi) is 3.25. The first-order valence-corrected chi connectivity index (χ1v) is 6.87. The molecule has 2 aromatic rings. The fourth-order valence-corrected chi connectivity index (χ4v) is 2.60. The van der Waals surface area contributed by atoms with E-state index in [9.17, 15) is 9.90 Å². The van der Waals surface area contributed by atoms with Crippen LogP contribution in [0.15, 0.2) is 35.1 Å². The van der Waals surface area contributed by atoms with E-state index in [0.717, 1.165) is 5.56 Å². The van der Waals surface area contributed by atoms with Gasteiger partial charge in [0, 0.05) is 30.6 Å². The molecule has 3 rings (SSSR count). The lowest BCUT2D eigenvalue weighted by Gasteiger charge is -2.33. The van der Waals surface area contributed by atoms with Crippen molar-refractivity contribution in [3.05, 3.63) is 36.3 Å². The highest BCUT2D eigenvalue weighted by atomic mass is 16.5. The molecule has 3 heterocycles. The zero-order chi connectivity index (χ0) is 15.0. The standard InChI is InChI=1S/C15H17N3O3/c1-15(2)13(19)5-8-18(15)14(20)11-9-12(21-17-11)10-3-6-16-7-4-10/h3-4,6-7,9,13,19H,5,8H2,1-2H3. The van der Waals surface area contributed by atoms with Gasteiger partial charge in [-0.15, -0.1) is 0 Å². The van der Waals surface area contributed by atoms with Crippen molar-refractivity contribution in [1.29, 1.82) is 0 Å². The van der Waals surface area contributed by atoms with Crippen molar-refractivity contribution in [3.63, 3.8) is 0 Å². The van der Waals surface area contributed by atoms with Crippen molar-refractivity contribution >= 4 is 5.91 Å². The average molecular weight is 287 g/mol. The van der Waals surface area contributed by atoms with Gasteiger partial charge in [-0.05, 0) is 32.4 Å². The van der Waals surface area contributed by atoms with Crippen molar-refractivity contribution in [2.24, 2.45) is 0 Å². The number of nitrogens with zero attached hydrogens (tertiary/aromatic N) is 3. The third-order valence-corrected chi connectivity index (χ3v) is 4.08. The predicted octanol–water partition coefficient (Wildman–Crippen LogP) is 1.72. The summed E-state index contributed by atoms with van der Waals surface area (Å²) in [5, 5.41) is 13.8. The number of aliphatic hydroxyl groups is 1. The number of hydrogen-bond donors (Lipinski definition) is 1. The molecular weight excluding hydrogens is 270 g/mol. The number of hydrogen-bond acceptors (Lipinski definition) is 5. The lowest BCUT2D eigenvalue weighted by atomic mass is 9.98. The smallest absolute Gasteiger partial charge is 0.276 e. The Morgan fingerprint density at radius 2 is 2.14 bits per heavy atom. The maximum absolute atomic E-state index is 12.5. The molecule has 0 saturated carbocycles. The van der Waals surface area contributed by atoms with Crippen molar-refractivity contribution in [2.75, 3.05) is 6.54 Å². The quantitative estimate of drug-likeness (QED) is 0.909. The molecule has 110 valence electrons. The van der Waals surface area contributed by atoms with E-state index in [1.165, 1.54) is 0 Å². The van der Waals surface area contributed by atoms with Gasteiger partial charge in [-0.2, -0.15) is 0 Å². The van der Waals surface area contributed by atoms with Crippen LogP contribution in [0, 0.1) is 0 Å². The summed E-state index contributed by atoms with van der Waals surface area (Å²) in [5.74, 6) is 0.305. The van der Waals surface area contributed by atoms with Crippen LogP contribution in [0.4, 0.5) is 0 Å². The van der Waals surface area contributed by atoms with Gasteiger partial charge in [0.1, 0.15) is 0 Å². The van der Waals surface area contributed by atoms with E-state index in [1.54, 1.807) is 35.5 Å². The molecule has 0 radical (unpaired) electrons. The molecule has 1 amide bonds. The van der Waals surface area contributed by atoms with E-state index in [4.69, 9.17) is 4.52 Å². The van der Waals surface area contributed by atoms with Crippen LogP contribution < -0.4 is 0 Å². The van der Waals surface area contributed by atoms with Crippen molar-refractivity contribution < 1.29 is 14.4 Å². The minimum Gasteiger partial charge on any atom is -0.391 e. The van der Waals surface area contributed by atoms with Crippen LogP contribution >= 0.6 is 0 Å². The number of carbonyl (C=O) groups excluding carboxylic acids is 1. The van der Waals surface area contributed by atoms with Crippen LogP contribution in [0.5, 0.6) is 0 Å². The van der Waals surface area contributed by atoms with Gasteiger partial charge < -0.3 is 14.5 Å². The first-order valence-electron chi connectivity index (χ1n) is 6.87. The van der Waals surface area contributed by atoms with Crippen LogP contribution in [0.1, 0.15) is 30.8 Å². The second kappa shape index (κ2) is 4.96. The average Bonchev–Trinajstić information content (AvgIpc) is 3.06. The van der Waals surface area contributed by atoms with Crippen LogP contribution in [0.25, 0.3) is 11.3 Å². The Morgan fingerprint density at radius 1 is 1.43 bits per heavy atom. The second-order valence-electron chi connectivity index (χ2n) is 5.73. The number of amides is 1. The third kappa shape index (κ3) is 2.31. The predicted molar refractivity (Wildman–Crippen MR) is 75.5 cm³/mol. The van der Waals surface area contributed by atoms with Gasteiger partial charge in [-0.1, -0.05) is 5.16 Å². The normalized spacial score (nSPS) is 20.7. The van der Waals surface area contributed by atoms with E-state index in [1.807, 2.05) is 13.8 Å². The maximum atomic E-state index is 12.5. The lowest BCUT2D eigenvalue weighted by Crippen LogP contribution is -2.48. The molecule has 1 aliphatic rings. The topological polar surface area (TPSA) is 79.5 Å². The highest BCUT2D eigenvalue weighted by Crippen LogP contribution is 2.30. The molecule has 6 heteroatoms. The number of likely N-dealkylation sites (tertiary alicyclic amines) is 1. The van der Waals surface area contributed by atoms with Crippen LogP contribution in [0.3, 0.4) is 0 Å². The minimum absolute atomic E-state index is 0.222. The zero-order valence-electron chi connectivity index (χ0n) is 12.0. The Labute approximate surface area is 122 Å². The summed E-state index contributed by atoms with van der Waals surface area (Å²) < 4.78 is 5.24. The highest BCUT2D eigenvalue weighted by Gasteiger charge is 2.43. The molecule has 1 atom stereocenters. The van der Waals surface area contributed by atoms with Gasteiger partial charge in [0.15, 0.2) is 11.5 Å². The van der Waals surface area contributed by atoms with Crippen LogP contribution in [-0.2, 0) is 0 Å². The van der Waals surface area contributed by atoms with E-state index in [-0.39, 0.29) is 11.6 Å². The molecule has 2 aromatic heterocycles. The summed E-state index contributed by atoms with van der Waals surface area (Å²) >= 11 is 0. The lowest BCUT2D eigenvalue weighted by molar-refractivity contribution is 0.0386. The zero-order valence-corrected chi connectivity index (χ0v) is 12.0. The molecular formula is C15H17N3O3. The van der Waals surface area contributed by atoms with Gasteiger partial charge in [-0.25, -0.2) is 0 Å². The maximum Gasteiger partial charge on any atom is 0.276 e. The van der Waals surface area contributed by atoms with Gasteiger partial charge in [0.25, 0.3) is 5.91 Å². The summed E-state index contributed by atoms with van der Waals surface area (Å²) in [4.78, 5) is 18.1. The van der Waals surface area contributed by atoms with Crippen molar-refractivity contribution in [1.82, 2.24) is 15.0 Å². The van der Waals surface area contributed by atoms with E-state index in [0.29, 0.717) is 18.7 Å². The van der Waals surface area contributed by atoms with Gasteiger partial charge in [-0.3, -0.25) is 9.78 Å². The third-order valence-electron chi connectivity index (χ3n) is 4.08. The van der Waals surface area contributed by atoms with Crippen LogP contribution in [0.2, 0.25) is 0 Å². The summed E-state index contributed by atoms with van der Waals surface area (Å²) in [6.45, 7) is 4.23. The molecule has 1 fully saturated rings. The molecule has 1 unspecified atom stereocenters. The van der Waals surface area contributed by atoms with Gasteiger partial charge in [0.2, 0.25) is 0 Å². The highest BCUT2D eigenvalue weighted by molar-refractivity contribution is 5.93.